The van der Waals surface area contributed by atoms with Gasteiger partial charge in [-0.05, 0) is 15.9 Å². The first-order chi connectivity index (χ1) is 6.25. The zero-order valence-corrected chi connectivity index (χ0v) is 9.04. The molecule has 4 nitrogen and oxygen atoms in total. The molecule has 1 aromatic heterocycles. The van der Waals surface area contributed by atoms with Crippen molar-refractivity contribution in [3.05, 3.63) is 16.4 Å². The molecule has 0 amide bonds. The summed E-state index contributed by atoms with van der Waals surface area (Å²) in [6.07, 6.45) is 2.35. The monoisotopic (exact) mass is 245 g/mol. The highest BCUT2D eigenvalue weighted by molar-refractivity contribution is 9.10. The summed E-state index contributed by atoms with van der Waals surface area (Å²) in [6.45, 7) is 2.58. The Balaban J connectivity index is 1.89. The van der Waals surface area contributed by atoms with Crippen LogP contribution in [0.3, 0.4) is 0 Å². The first-order valence-corrected chi connectivity index (χ1v) is 5.05. The molecule has 0 spiro atoms. The Morgan fingerprint density at radius 3 is 3.00 bits per heavy atom. The van der Waals surface area contributed by atoms with Crippen LogP contribution in [0, 0.1) is 0 Å². The van der Waals surface area contributed by atoms with Gasteiger partial charge >= 0.3 is 0 Å². The van der Waals surface area contributed by atoms with Crippen LogP contribution in [0.15, 0.2) is 10.8 Å². The van der Waals surface area contributed by atoms with Crippen LogP contribution in [0.4, 0.5) is 0 Å². The molecule has 1 N–H and O–H groups in total. The van der Waals surface area contributed by atoms with E-state index in [-0.39, 0.29) is 0 Å². The minimum Gasteiger partial charge on any atom is -0.371 e. The molecular formula is C8H12BrN3O. The second-order valence-corrected chi connectivity index (χ2v) is 3.96. The molecule has 5 heteroatoms. The molecule has 0 atom stereocenters. The summed E-state index contributed by atoms with van der Waals surface area (Å²) in [5, 5.41) is 7.33. The molecular weight excluding hydrogens is 234 g/mol. The van der Waals surface area contributed by atoms with Gasteiger partial charge in [-0.2, -0.15) is 5.10 Å². The Kier molecular flexibility index (Phi) is 2.66. The van der Waals surface area contributed by atoms with Gasteiger partial charge in [-0.15, -0.1) is 0 Å². The Hall–Kier alpha value is -0.390. The molecule has 1 saturated heterocycles. The fraction of sp³-hybridized carbons (Fsp3) is 0.625. The van der Waals surface area contributed by atoms with Gasteiger partial charge in [-0.3, -0.25) is 4.68 Å². The number of halogens is 1. The van der Waals surface area contributed by atoms with Gasteiger partial charge in [-0.25, -0.2) is 0 Å². The third-order valence-electron chi connectivity index (χ3n) is 2.07. The third-order valence-corrected chi connectivity index (χ3v) is 2.74. The summed E-state index contributed by atoms with van der Waals surface area (Å²) in [5.41, 5.74) is 1.11. The van der Waals surface area contributed by atoms with Crippen LogP contribution in [0.2, 0.25) is 0 Å². The fourth-order valence-electron chi connectivity index (χ4n) is 1.19. The Labute approximate surface area is 85.4 Å². The molecule has 1 aliphatic heterocycles. The second kappa shape index (κ2) is 3.77. The van der Waals surface area contributed by atoms with Gasteiger partial charge in [0.2, 0.25) is 0 Å². The lowest BCUT2D eigenvalue weighted by Crippen LogP contribution is -2.48. The molecule has 0 unspecified atom stereocenters. The van der Waals surface area contributed by atoms with E-state index in [1.165, 1.54) is 0 Å². The summed E-state index contributed by atoms with van der Waals surface area (Å²) in [4.78, 5) is 0. The molecule has 0 aromatic carbocycles. The molecule has 0 bridgehead atoms. The van der Waals surface area contributed by atoms with E-state index in [9.17, 15) is 0 Å². The summed E-state index contributed by atoms with van der Waals surface area (Å²) in [7, 11) is 1.90. The zero-order chi connectivity index (χ0) is 9.26. The van der Waals surface area contributed by atoms with E-state index in [2.05, 4.69) is 26.3 Å². The van der Waals surface area contributed by atoms with Crippen LogP contribution >= 0.6 is 15.9 Å². The molecule has 0 saturated carbocycles. The highest BCUT2D eigenvalue weighted by atomic mass is 79.9. The molecule has 72 valence electrons. The van der Waals surface area contributed by atoms with Crippen LogP contribution < -0.4 is 5.32 Å². The van der Waals surface area contributed by atoms with Crippen molar-refractivity contribution in [2.45, 2.75) is 12.7 Å². The van der Waals surface area contributed by atoms with Crippen LogP contribution in [0.25, 0.3) is 0 Å². The molecule has 0 radical (unpaired) electrons. The van der Waals surface area contributed by atoms with Crippen LogP contribution in [0.1, 0.15) is 5.56 Å². The lowest BCUT2D eigenvalue weighted by Gasteiger charge is -2.26. The van der Waals surface area contributed by atoms with Gasteiger partial charge < -0.3 is 10.1 Å². The van der Waals surface area contributed by atoms with E-state index in [4.69, 9.17) is 4.74 Å². The second-order valence-electron chi connectivity index (χ2n) is 3.21. The summed E-state index contributed by atoms with van der Waals surface area (Å²) in [6, 6.07) is 0. The molecule has 1 aliphatic rings. The van der Waals surface area contributed by atoms with Crippen LogP contribution in [-0.4, -0.2) is 29.0 Å². The van der Waals surface area contributed by atoms with Crippen molar-refractivity contribution in [2.24, 2.45) is 7.05 Å². The first-order valence-electron chi connectivity index (χ1n) is 4.26. The van der Waals surface area contributed by atoms with Crippen molar-refractivity contribution in [2.75, 3.05) is 13.1 Å². The minimum atomic E-state index is 0.382. The topological polar surface area (TPSA) is 39.1 Å². The number of aromatic nitrogens is 2. The zero-order valence-electron chi connectivity index (χ0n) is 7.46. The molecule has 1 aromatic rings. The summed E-state index contributed by atoms with van der Waals surface area (Å²) in [5.74, 6) is 0. The van der Waals surface area contributed by atoms with Gasteiger partial charge in [0.05, 0.1) is 12.7 Å². The first kappa shape index (κ1) is 9.18. The average molecular weight is 246 g/mol. The van der Waals surface area contributed by atoms with Crippen molar-refractivity contribution in [1.29, 1.82) is 0 Å². The number of hydrogen-bond acceptors (Lipinski definition) is 3. The molecule has 2 rings (SSSR count). The van der Waals surface area contributed by atoms with Gasteiger partial charge in [-0.1, -0.05) is 0 Å². The predicted octanol–water partition coefficient (Wildman–Crippen LogP) is 0.671. The molecule has 13 heavy (non-hydrogen) atoms. The van der Waals surface area contributed by atoms with Gasteiger partial charge in [0.1, 0.15) is 4.60 Å². The fourth-order valence-corrected chi connectivity index (χ4v) is 1.66. The molecule has 1 fully saturated rings. The quantitative estimate of drug-likeness (QED) is 0.852. The normalized spacial score (nSPS) is 17.4. The van der Waals surface area contributed by atoms with E-state index in [1.54, 1.807) is 4.68 Å². The highest BCUT2D eigenvalue weighted by Crippen LogP contribution is 2.15. The molecule has 2 heterocycles. The SMILES string of the molecule is Cn1cc(COC2CNC2)c(Br)n1. The lowest BCUT2D eigenvalue weighted by atomic mass is 10.2. The van der Waals surface area contributed by atoms with Crippen molar-refractivity contribution in [3.63, 3.8) is 0 Å². The lowest BCUT2D eigenvalue weighted by molar-refractivity contribution is 0.00731. The van der Waals surface area contributed by atoms with E-state index in [0.717, 1.165) is 23.3 Å². The number of aryl methyl sites for hydroxylation is 1. The number of nitrogens with one attached hydrogen (secondary N) is 1. The van der Waals surface area contributed by atoms with Gasteiger partial charge in [0.25, 0.3) is 0 Å². The highest BCUT2D eigenvalue weighted by Gasteiger charge is 2.17. The van der Waals surface area contributed by atoms with E-state index in [1.807, 2.05) is 13.2 Å². The average Bonchev–Trinajstić information content (AvgIpc) is 2.27. The number of ether oxygens (including phenoxy) is 1. The maximum absolute atomic E-state index is 5.61. The van der Waals surface area contributed by atoms with Gasteiger partial charge in [0.15, 0.2) is 0 Å². The maximum Gasteiger partial charge on any atom is 0.133 e. The third kappa shape index (κ3) is 2.10. The van der Waals surface area contributed by atoms with E-state index < -0.39 is 0 Å². The summed E-state index contributed by atoms with van der Waals surface area (Å²) >= 11 is 3.38. The van der Waals surface area contributed by atoms with E-state index >= 15 is 0 Å². The predicted molar refractivity (Wildman–Crippen MR) is 52.4 cm³/mol. The Morgan fingerprint density at radius 2 is 2.54 bits per heavy atom. The largest absolute Gasteiger partial charge is 0.371 e. The molecule has 0 aliphatic carbocycles. The summed E-state index contributed by atoms with van der Waals surface area (Å²) < 4.78 is 8.27. The van der Waals surface area contributed by atoms with Gasteiger partial charge in [0, 0.05) is 31.9 Å². The standard InChI is InChI=1S/C8H12BrN3O/c1-12-4-6(8(9)11-12)5-13-7-2-10-3-7/h4,7,10H,2-3,5H2,1H3. The maximum atomic E-state index is 5.61. The Morgan fingerprint density at radius 1 is 1.77 bits per heavy atom. The van der Waals surface area contributed by atoms with Crippen LogP contribution in [0.5, 0.6) is 0 Å². The number of rotatable bonds is 3. The van der Waals surface area contributed by atoms with Crippen LogP contribution in [-0.2, 0) is 18.4 Å². The van der Waals surface area contributed by atoms with Crippen molar-refractivity contribution >= 4 is 15.9 Å². The van der Waals surface area contributed by atoms with E-state index in [0.29, 0.717) is 12.7 Å². The van der Waals surface area contributed by atoms with Crippen molar-refractivity contribution < 1.29 is 4.74 Å². The Bertz CT molecular complexity index is 296. The smallest absolute Gasteiger partial charge is 0.133 e. The number of hydrogen-bond donors (Lipinski definition) is 1. The van der Waals surface area contributed by atoms with Crippen molar-refractivity contribution in [3.8, 4) is 0 Å². The number of nitrogens with zero attached hydrogens (tertiary/aromatic N) is 2. The van der Waals surface area contributed by atoms with Crippen molar-refractivity contribution in [1.82, 2.24) is 15.1 Å². The minimum absolute atomic E-state index is 0.382.